The van der Waals surface area contributed by atoms with Crippen molar-refractivity contribution in [2.24, 2.45) is 0 Å². The van der Waals surface area contributed by atoms with E-state index in [-0.39, 0.29) is 0 Å². The molecule has 0 aromatic carbocycles. The largest absolute Gasteiger partial charge is 0.296 e. The molecule has 0 aliphatic rings. The van der Waals surface area contributed by atoms with Crippen molar-refractivity contribution in [2.75, 3.05) is 0 Å². The van der Waals surface area contributed by atoms with Gasteiger partial charge < -0.3 is 0 Å². The number of carbonyl (C=O) groups is 1. The highest BCUT2D eigenvalue weighted by Gasteiger charge is 2.03. The number of carbonyl (C=O) groups excluding carboxylic acids is 1. The molecule has 2 heterocycles. The number of aromatic amines is 1. The van der Waals surface area contributed by atoms with E-state index in [0.717, 1.165) is 5.39 Å². The lowest BCUT2D eigenvalue weighted by atomic mass is 10.3. The summed E-state index contributed by atoms with van der Waals surface area (Å²) in [5.41, 5.74) is 1.01. The molecule has 0 fully saturated rings. The molecule has 0 spiro atoms. The van der Waals surface area contributed by atoms with Crippen LogP contribution in [0.4, 0.5) is 0 Å². The third-order valence-corrected chi connectivity index (χ3v) is 2.15. The van der Waals surface area contributed by atoms with E-state index in [9.17, 15) is 4.79 Å². The number of fused-ring (bicyclic) bond motifs is 1. The van der Waals surface area contributed by atoms with Crippen molar-refractivity contribution in [3.8, 4) is 0 Å². The van der Waals surface area contributed by atoms with Gasteiger partial charge in [-0.2, -0.15) is 5.10 Å². The number of rotatable bonds is 1. The van der Waals surface area contributed by atoms with Crippen LogP contribution in [0.2, 0.25) is 0 Å². The first kappa shape index (κ1) is 7.42. The molecule has 5 heteroatoms. The van der Waals surface area contributed by atoms with Crippen LogP contribution in [0.5, 0.6) is 0 Å². The van der Waals surface area contributed by atoms with E-state index in [4.69, 9.17) is 0 Å². The maximum Gasteiger partial charge on any atom is 0.169 e. The fourth-order valence-electron chi connectivity index (χ4n) is 0.951. The second-order valence-electron chi connectivity index (χ2n) is 2.28. The molecule has 4 nitrogen and oxygen atoms in total. The SMILES string of the molecule is O=Cc1nc2[nH]ncc2cc1Br. The van der Waals surface area contributed by atoms with Crippen LogP contribution >= 0.6 is 15.9 Å². The van der Waals surface area contributed by atoms with Gasteiger partial charge in [0.05, 0.1) is 6.20 Å². The van der Waals surface area contributed by atoms with Crippen LogP contribution in [-0.4, -0.2) is 21.5 Å². The van der Waals surface area contributed by atoms with Gasteiger partial charge in [0.2, 0.25) is 0 Å². The van der Waals surface area contributed by atoms with Crippen LogP contribution < -0.4 is 0 Å². The van der Waals surface area contributed by atoms with Gasteiger partial charge in [-0.3, -0.25) is 9.89 Å². The topological polar surface area (TPSA) is 58.6 Å². The molecule has 1 N–H and O–H groups in total. The highest BCUT2D eigenvalue weighted by molar-refractivity contribution is 9.10. The Bertz CT molecular complexity index is 437. The minimum absolute atomic E-state index is 0.381. The Balaban J connectivity index is 2.81. The molecule has 60 valence electrons. The summed E-state index contributed by atoms with van der Waals surface area (Å²) in [5, 5.41) is 7.36. The molecule has 0 saturated heterocycles. The Hall–Kier alpha value is -1.23. The molecule has 0 atom stereocenters. The minimum Gasteiger partial charge on any atom is -0.296 e. The number of nitrogens with zero attached hydrogens (tertiary/aromatic N) is 2. The summed E-state index contributed by atoms with van der Waals surface area (Å²) in [6.45, 7) is 0. The van der Waals surface area contributed by atoms with E-state index in [1.165, 1.54) is 0 Å². The Morgan fingerprint density at radius 2 is 2.42 bits per heavy atom. The molecular formula is C7H4BrN3O. The molecule has 2 aromatic rings. The monoisotopic (exact) mass is 225 g/mol. The highest BCUT2D eigenvalue weighted by Crippen LogP contribution is 2.18. The van der Waals surface area contributed by atoms with Gasteiger partial charge >= 0.3 is 0 Å². The van der Waals surface area contributed by atoms with E-state index in [1.807, 2.05) is 0 Å². The average Bonchev–Trinajstić information content (AvgIpc) is 2.49. The molecule has 2 aromatic heterocycles. The molecule has 2 rings (SSSR count). The molecule has 0 saturated carbocycles. The molecule has 12 heavy (non-hydrogen) atoms. The zero-order valence-corrected chi connectivity index (χ0v) is 7.50. The predicted molar refractivity (Wildman–Crippen MR) is 47.0 cm³/mol. The molecule has 0 radical (unpaired) electrons. The zero-order valence-electron chi connectivity index (χ0n) is 5.91. The van der Waals surface area contributed by atoms with Crippen LogP contribution in [-0.2, 0) is 0 Å². The van der Waals surface area contributed by atoms with Crippen molar-refractivity contribution < 1.29 is 4.79 Å². The van der Waals surface area contributed by atoms with Gasteiger partial charge in [-0.15, -0.1) is 0 Å². The van der Waals surface area contributed by atoms with Crippen LogP contribution in [0, 0.1) is 0 Å². The van der Waals surface area contributed by atoms with Gasteiger partial charge in [0.1, 0.15) is 5.69 Å². The van der Waals surface area contributed by atoms with Crippen molar-refractivity contribution in [2.45, 2.75) is 0 Å². The summed E-state index contributed by atoms with van der Waals surface area (Å²) in [4.78, 5) is 14.5. The summed E-state index contributed by atoms with van der Waals surface area (Å²) < 4.78 is 0.686. The maximum atomic E-state index is 10.5. The number of hydrogen-bond donors (Lipinski definition) is 1. The van der Waals surface area contributed by atoms with E-state index >= 15 is 0 Å². The Kier molecular flexibility index (Phi) is 1.65. The smallest absolute Gasteiger partial charge is 0.169 e. The van der Waals surface area contributed by atoms with Crippen molar-refractivity contribution in [3.05, 3.63) is 22.4 Å². The van der Waals surface area contributed by atoms with Crippen LogP contribution in [0.15, 0.2) is 16.7 Å². The number of aldehydes is 1. The average molecular weight is 226 g/mol. The quantitative estimate of drug-likeness (QED) is 0.750. The fraction of sp³-hybridized carbons (Fsp3) is 0. The molecule has 0 unspecified atom stereocenters. The zero-order chi connectivity index (χ0) is 8.55. The third kappa shape index (κ3) is 1.02. The maximum absolute atomic E-state index is 10.5. The van der Waals surface area contributed by atoms with Gasteiger partial charge in [0.25, 0.3) is 0 Å². The molecule has 0 aliphatic carbocycles. The minimum atomic E-state index is 0.381. The van der Waals surface area contributed by atoms with Gasteiger partial charge in [0.15, 0.2) is 11.9 Å². The van der Waals surface area contributed by atoms with E-state index in [0.29, 0.717) is 22.1 Å². The van der Waals surface area contributed by atoms with Crippen molar-refractivity contribution in [1.29, 1.82) is 0 Å². The normalized spacial score (nSPS) is 10.4. The lowest BCUT2D eigenvalue weighted by Gasteiger charge is -1.93. The second-order valence-corrected chi connectivity index (χ2v) is 3.14. The van der Waals surface area contributed by atoms with Crippen LogP contribution in [0.1, 0.15) is 10.5 Å². The fourth-order valence-corrected chi connectivity index (χ4v) is 1.38. The van der Waals surface area contributed by atoms with Gasteiger partial charge in [-0.05, 0) is 22.0 Å². The van der Waals surface area contributed by atoms with Crippen molar-refractivity contribution in [1.82, 2.24) is 15.2 Å². The number of H-pyrrole nitrogens is 1. The van der Waals surface area contributed by atoms with Gasteiger partial charge in [0, 0.05) is 9.86 Å². The lowest BCUT2D eigenvalue weighted by Crippen LogP contribution is -1.88. The highest BCUT2D eigenvalue weighted by atomic mass is 79.9. The van der Waals surface area contributed by atoms with E-state index < -0.39 is 0 Å². The number of nitrogens with one attached hydrogen (secondary N) is 1. The molecule has 0 amide bonds. The first-order chi connectivity index (χ1) is 5.81. The summed E-state index contributed by atoms with van der Waals surface area (Å²) in [6.07, 6.45) is 2.35. The third-order valence-electron chi connectivity index (χ3n) is 1.52. The first-order valence-corrected chi connectivity index (χ1v) is 4.05. The van der Waals surface area contributed by atoms with Gasteiger partial charge in [-0.1, -0.05) is 0 Å². The van der Waals surface area contributed by atoms with E-state index in [2.05, 4.69) is 31.1 Å². The second kappa shape index (κ2) is 2.67. The molecular weight excluding hydrogens is 222 g/mol. The summed E-state index contributed by atoms with van der Waals surface area (Å²) in [7, 11) is 0. The Labute approximate surface area is 76.1 Å². The van der Waals surface area contributed by atoms with Crippen LogP contribution in [0.3, 0.4) is 0 Å². The van der Waals surface area contributed by atoms with Gasteiger partial charge in [-0.25, -0.2) is 4.98 Å². The predicted octanol–water partition coefficient (Wildman–Crippen LogP) is 1.53. The number of hydrogen-bond acceptors (Lipinski definition) is 3. The molecule has 0 bridgehead atoms. The van der Waals surface area contributed by atoms with Crippen LogP contribution in [0.25, 0.3) is 11.0 Å². The standard InChI is InChI=1S/C7H4BrN3O/c8-5-1-4-2-9-11-7(4)10-6(5)3-12/h1-3H,(H,9,10,11). The first-order valence-electron chi connectivity index (χ1n) is 3.26. The number of halogens is 1. The van der Waals surface area contributed by atoms with Crippen molar-refractivity contribution >= 4 is 33.2 Å². The lowest BCUT2D eigenvalue weighted by molar-refractivity contribution is 0.111. The number of pyridine rings is 1. The summed E-state index contributed by atoms with van der Waals surface area (Å²) in [6, 6.07) is 1.80. The summed E-state index contributed by atoms with van der Waals surface area (Å²) in [5.74, 6) is 0. The van der Waals surface area contributed by atoms with E-state index in [1.54, 1.807) is 12.3 Å². The Morgan fingerprint density at radius 3 is 3.17 bits per heavy atom. The Morgan fingerprint density at radius 1 is 1.58 bits per heavy atom. The van der Waals surface area contributed by atoms with Crippen molar-refractivity contribution in [3.63, 3.8) is 0 Å². The molecule has 0 aliphatic heterocycles. The summed E-state index contributed by atoms with van der Waals surface area (Å²) >= 11 is 3.23. The number of aromatic nitrogens is 3.